The normalized spacial score (nSPS) is 14.3. The monoisotopic (exact) mass is 583 g/mol. The Morgan fingerprint density at radius 1 is 0.477 bits per heavy atom. The quantitative estimate of drug-likeness (QED) is 0.194. The van der Waals surface area contributed by atoms with Crippen LogP contribution in [-0.2, 0) is 0 Å². The second kappa shape index (κ2) is 10.5. The number of thiophene rings is 1. The number of benzene rings is 6. The first-order valence-corrected chi connectivity index (χ1v) is 16.8. The van der Waals surface area contributed by atoms with Gasteiger partial charge in [0.2, 0.25) is 0 Å². The molecule has 0 radical (unpaired) electrons. The van der Waals surface area contributed by atoms with E-state index in [1.807, 2.05) is 11.3 Å². The second-order valence-corrected chi connectivity index (χ2v) is 13.4. The number of fused-ring (bicyclic) bond motifs is 6. The molecule has 1 nitrogen and oxygen atoms in total. The molecule has 212 valence electrons. The van der Waals surface area contributed by atoms with Crippen LogP contribution in [0.25, 0.3) is 69.9 Å². The van der Waals surface area contributed by atoms with Crippen molar-refractivity contribution < 1.29 is 0 Å². The van der Waals surface area contributed by atoms with Crippen molar-refractivity contribution in [3.05, 3.63) is 139 Å². The lowest BCUT2D eigenvalue weighted by Crippen LogP contribution is -2.04. The summed E-state index contributed by atoms with van der Waals surface area (Å²) in [5.74, 6) is 0.686. The average molecular weight is 584 g/mol. The third-order valence-electron chi connectivity index (χ3n) is 9.83. The maximum atomic E-state index is 2.50. The van der Waals surface area contributed by atoms with Crippen molar-refractivity contribution in [2.24, 2.45) is 0 Å². The van der Waals surface area contributed by atoms with Crippen molar-refractivity contribution >= 4 is 53.3 Å². The molecule has 1 saturated carbocycles. The zero-order valence-electron chi connectivity index (χ0n) is 24.7. The minimum atomic E-state index is 0.686. The third kappa shape index (κ3) is 4.05. The summed E-state index contributed by atoms with van der Waals surface area (Å²) in [6, 6.07) is 49.8. The van der Waals surface area contributed by atoms with Crippen LogP contribution >= 0.6 is 11.3 Å². The molecule has 6 aromatic carbocycles. The van der Waals surface area contributed by atoms with E-state index in [0.29, 0.717) is 5.92 Å². The molecule has 44 heavy (non-hydrogen) atoms. The zero-order chi connectivity index (χ0) is 29.0. The second-order valence-electron chi connectivity index (χ2n) is 12.3. The van der Waals surface area contributed by atoms with Crippen LogP contribution in [0.5, 0.6) is 0 Å². The fourth-order valence-electron chi connectivity index (χ4n) is 7.75. The highest BCUT2D eigenvalue weighted by Gasteiger charge is 2.21. The third-order valence-corrected chi connectivity index (χ3v) is 11.0. The van der Waals surface area contributed by atoms with Crippen molar-refractivity contribution in [1.29, 1.82) is 0 Å². The molecule has 0 amide bonds. The first-order chi connectivity index (χ1) is 21.8. The lowest BCUT2D eigenvalue weighted by Gasteiger charge is -2.22. The zero-order valence-corrected chi connectivity index (χ0v) is 25.5. The molecule has 1 aliphatic rings. The van der Waals surface area contributed by atoms with Crippen molar-refractivity contribution in [3.8, 4) is 27.9 Å². The molecule has 1 fully saturated rings. The van der Waals surface area contributed by atoms with E-state index in [-0.39, 0.29) is 0 Å². The fraction of sp³-hybridized carbons (Fsp3) is 0.143. The van der Waals surface area contributed by atoms with Crippen LogP contribution in [0.3, 0.4) is 0 Å². The maximum absolute atomic E-state index is 2.50. The van der Waals surface area contributed by atoms with E-state index in [1.54, 1.807) is 0 Å². The number of rotatable bonds is 4. The lowest BCUT2D eigenvalue weighted by atomic mass is 9.84. The molecule has 0 N–H and O–H groups in total. The van der Waals surface area contributed by atoms with Gasteiger partial charge in [0.05, 0.1) is 16.7 Å². The lowest BCUT2D eigenvalue weighted by molar-refractivity contribution is 0.444. The predicted octanol–water partition coefficient (Wildman–Crippen LogP) is 12.5. The summed E-state index contributed by atoms with van der Waals surface area (Å²) >= 11 is 1.90. The number of hydrogen-bond acceptors (Lipinski definition) is 1. The standard InChI is InChI=1S/C42H33NS/c1-2-13-28(14-3-1)29-25-26-40-37(27-29)33-18-7-10-23-39(33)43(40)38-22-9-6-17-32(38)30-15-4-5-16-31(30)35-20-12-21-36-34-19-8-11-24-41(34)44-42(35)36/h4-12,15-28H,1-3,13-14H2. The average Bonchev–Trinajstić information content (AvgIpc) is 3.64. The molecule has 2 heteroatoms. The highest BCUT2D eigenvalue weighted by atomic mass is 32.1. The Morgan fingerprint density at radius 3 is 1.98 bits per heavy atom. The molecular weight excluding hydrogens is 551 g/mol. The molecule has 0 saturated heterocycles. The van der Waals surface area contributed by atoms with E-state index in [1.165, 1.54) is 108 Å². The number of para-hydroxylation sites is 2. The summed E-state index contributed by atoms with van der Waals surface area (Å²) in [5, 5.41) is 5.37. The molecule has 8 aromatic rings. The highest BCUT2D eigenvalue weighted by Crippen LogP contribution is 2.45. The van der Waals surface area contributed by atoms with E-state index in [9.17, 15) is 0 Å². The molecule has 0 bridgehead atoms. The van der Waals surface area contributed by atoms with Gasteiger partial charge in [0, 0.05) is 42.1 Å². The topological polar surface area (TPSA) is 4.93 Å². The number of aromatic nitrogens is 1. The van der Waals surface area contributed by atoms with Gasteiger partial charge in [-0.1, -0.05) is 122 Å². The van der Waals surface area contributed by atoms with E-state index in [2.05, 4.69) is 138 Å². The summed E-state index contributed by atoms with van der Waals surface area (Å²) in [4.78, 5) is 0. The van der Waals surface area contributed by atoms with E-state index >= 15 is 0 Å². The molecule has 2 heterocycles. The van der Waals surface area contributed by atoms with Crippen LogP contribution in [-0.4, -0.2) is 4.57 Å². The minimum Gasteiger partial charge on any atom is -0.309 e. The Balaban J connectivity index is 1.27. The van der Waals surface area contributed by atoms with Gasteiger partial charge in [0.25, 0.3) is 0 Å². The van der Waals surface area contributed by atoms with Gasteiger partial charge in [0.1, 0.15) is 0 Å². The first kappa shape index (κ1) is 25.8. The fourth-order valence-corrected chi connectivity index (χ4v) is 8.98. The first-order valence-electron chi connectivity index (χ1n) is 16.0. The molecule has 0 aliphatic heterocycles. The molecule has 0 spiro atoms. The Hall–Kier alpha value is -4.66. The summed E-state index contributed by atoms with van der Waals surface area (Å²) in [7, 11) is 0. The SMILES string of the molecule is c1ccc(-c2cccc3c2sc2ccccc23)c(-c2ccccc2-n2c3ccccc3c3cc(C4CCCCC4)ccc32)c1. The maximum Gasteiger partial charge on any atom is 0.0541 e. The van der Waals surface area contributed by atoms with Gasteiger partial charge in [-0.15, -0.1) is 11.3 Å². The van der Waals surface area contributed by atoms with Crippen LogP contribution in [0.1, 0.15) is 43.6 Å². The van der Waals surface area contributed by atoms with Crippen LogP contribution in [0, 0.1) is 0 Å². The summed E-state index contributed by atoms with van der Waals surface area (Å²) < 4.78 is 5.19. The van der Waals surface area contributed by atoms with Crippen molar-refractivity contribution in [1.82, 2.24) is 4.57 Å². The van der Waals surface area contributed by atoms with Gasteiger partial charge in [0.15, 0.2) is 0 Å². The van der Waals surface area contributed by atoms with Crippen LogP contribution in [0.4, 0.5) is 0 Å². The molecule has 0 atom stereocenters. The molecule has 9 rings (SSSR count). The van der Waals surface area contributed by atoms with E-state index in [0.717, 1.165) is 0 Å². The Labute approximate surface area is 262 Å². The Kier molecular flexibility index (Phi) is 6.16. The summed E-state index contributed by atoms with van der Waals surface area (Å²) in [6.45, 7) is 0. The molecule has 0 unspecified atom stereocenters. The van der Waals surface area contributed by atoms with Crippen LogP contribution in [0.15, 0.2) is 133 Å². The largest absolute Gasteiger partial charge is 0.309 e. The summed E-state index contributed by atoms with van der Waals surface area (Å²) in [5.41, 5.74) is 10.4. The highest BCUT2D eigenvalue weighted by molar-refractivity contribution is 7.26. The molecule has 2 aromatic heterocycles. The van der Waals surface area contributed by atoms with Gasteiger partial charge < -0.3 is 4.57 Å². The minimum absolute atomic E-state index is 0.686. The number of hydrogen-bond donors (Lipinski definition) is 0. The van der Waals surface area contributed by atoms with E-state index in [4.69, 9.17) is 0 Å². The van der Waals surface area contributed by atoms with Gasteiger partial charge in [-0.25, -0.2) is 0 Å². The Morgan fingerprint density at radius 2 is 1.11 bits per heavy atom. The van der Waals surface area contributed by atoms with Gasteiger partial charge in [-0.2, -0.15) is 0 Å². The predicted molar refractivity (Wildman–Crippen MR) is 190 cm³/mol. The van der Waals surface area contributed by atoms with Crippen molar-refractivity contribution in [3.63, 3.8) is 0 Å². The summed E-state index contributed by atoms with van der Waals surface area (Å²) in [6.07, 6.45) is 6.72. The smallest absolute Gasteiger partial charge is 0.0541 e. The van der Waals surface area contributed by atoms with Crippen LogP contribution < -0.4 is 0 Å². The van der Waals surface area contributed by atoms with Gasteiger partial charge in [-0.05, 0) is 65.8 Å². The Bertz CT molecular complexity index is 2330. The van der Waals surface area contributed by atoms with Crippen molar-refractivity contribution in [2.45, 2.75) is 38.0 Å². The molecule has 1 aliphatic carbocycles. The van der Waals surface area contributed by atoms with Gasteiger partial charge in [-0.3, -0.25) is 0 Å². The number of nitrogens with zero attached hydrogens (tertiary/aromatic N) is 1. The van der Waals surface area contributed by atoms with Gasteiger partial charge >= 0.3 is 0 Å². The van der Waals surface area contributed by atoms with Crippen LogP contribution in [0.2, 0.25) is 0 Å². The van der Waals surface area contributed by atoms with Crippen molar-refractivity contribution in [2.75, 3.05) is 0 Å². The van der Waals surface area contributed by atoms with E-state index < -0.39 is 0 Å². The molecular formula is C42H33NS.